The lowest BCUT2D eigenvalue weighted by Gasteiger charge is -2.19. The number of hydrogen-bond acceptors (Lipinski definition) is 3. The van der Waals surface area contributed by atoms with E-state index in [2.05, 4.69) is 11.6 Å². The van der Waals surface area contributed by atoms with Crippen LogP contribution in [0.3, 0.4) is 0 Å². The maximum atomic E-state index is 11.9. The molecule has 0 aromatic heterocycles. The third kappa shape index (κ3) is 12.8. The molecular weight excluding hydrogens is 290 g/mol. The van der Waals surface area contributed by atoms with Crippen LogP contribution in [0.2, 0.25) is 0 Å². The summed E-state index contributed by atoms with van der Waals surface area (Å²) >= 11 is 0. The quantitative estimate of drug-likeness (QED) is 0.613. The molecule has 0 fully saturated rings. The molecule has 0 radical (unpaired) electrons. The maximum Gasteiger partial charge on any atom is 0.303 e. The van der Waals surface area contributed by atoms with Gasteiger partial charge in [0.15, 0.2) is 0 Å². The van der Waals surface area contributed by atoms with E-state index in [1.54, 1.807) is 0 Å². The molecule has 1 atom stereocenters. The van der Waals surface area contributed by atoms with Crippen LogP contribution >= 0.6 is 0 Å². The minimum Gasteiger partial charge on any atom is -0.481 e. The van der Waals surface area contributed by atoms with Crippen LogP contribution in [-0.2, 0) is 14.8 Å². The Labute approximate surface area is 129 Å². The molecule has 5 nitrogen and oxygen atoms in total. The summed E-state index contributed by atoms with van der Waals surface area (Å²) in [7, 11) is -3.22. The molecule has 1 unspecified atom stereocenters. The van der Waals surface area contributed by atoms with Gasteiger partial charge in [-0.15, -0.1) is 0 Å². The lowest BCUT2D eigenvalue weighted by atomic mass is 9.94. The first kappa shape index (κ1) is 20.4. The van der Waals surface area contributed by atoms with Gasteiger partial charge in [0.25, 0.3) is 0 Å². The number of carboxylic acids is 1. The van der Waals surface area contributed by atoms with E-state index in [0.29, 0.717) is 25.8 Å². The summed E-state index contributed by atoms with van der Waals surface area (Å²) in [4.78, 5) is 10.6. The van der Waals surface area contributed by atoms with Gasteiger partial charge in [0.1, 0.15) is 0 Å². The minimum atomic E-state index is -3.22. The smallest absolute Gasteiger partial charge is 0.303 e. The molecule has 0 aliphatic rings. The van der Waals surface area contributed by atoms with E-state index >= 15 is 0 Å². The summed E-state index contributed by atoms with van der Waals surface area (Å²) in [5.74, 6) is -0.373. The number of hydrogen-bond donors (Lipinski definition) is 2. The number of carbonyl (C=O) groups is 1. The third-order valence-electron chi connectivity index (χ3n) is 3.46. The van der Waals surface area contributed by atoms with Crippen LogP contribution in [0, 0.1) is 11.3 Å². The van der Waals surface area contributed by atoms with E-state index in [0.717, 1.165) is 12.8 Å². The molecule has 0 aromatic rings. The zero-order chi connectivity index (χ0) is 16.5. The molecule has 0 saturated carbocycles. The maximum absolute atomic E-state index is 11.9. The number of nitrogens with one attached hydrogen (secondary N) is 1. The van der Waals surface area contributed by atoms with Gasteiger partial charge in [-0.05, 0) is 30.6 Å². The standard InChI is InChI=1S/C15H31NO4S/c1-5-6-13(7-8-14(17)18)9-11-16-21(19,20)12-10-15(2,3)4/h13,16H,5-12H2,1-4H3,(H,17,18). The van der Waals surface area contributed by atoms with Gasteiger partial charge in [0.2, 0.25) is 10.0 Å². The predicted octanol–water partition coefficient (Wildman–Crippen LogP) is 3.01. The van der Waals surface area contributed by atoms with Gasteiger partial charge in [-0.25, -0.2) is 13.1 Å². The van der Waals surface area contributed by atoms with Gasteiger partial charge in [-0.2, -0.15) is 0 Å². The highest BCUT2D eigenvalue weighted by atomic mass is 32.2. The van der Waals surface area contributed by atoms with Crippen LogP contribution in [0.15, 0.2) is 0 Å². The van der Waals surface area contributed by atoms with Crippen molar-refractivity contribution >= 4 is 16.0 Å². The Balaban J connectivity index is 4.14. The fourth-order valence-electron chi connectivity index (χ4n) is 2.10. The van der Waals surface area contributed by atoms with Crippen LogP contribution in [0.4, 0.5) is 0 Å². The van der Waals surface area contributed by atoms with E-state index in [1.165, 1.54) is 0 Å². The molecule has 2 N–H and O–H groups in total. The van der Waals surface area contributed by atoms with Crippen LogP contribution in [0.1, 0.15) is 66.2 Å². The second-order valence-corrected chi connectivity index (χ2v) is 8.83. The summed E-state index contributed by atoms with van der Waals surface area (Å²) < 4.78 is 26.4. The summed E-state index contributed by atoms with van der Waals surface area (Å²) in [6, 6.07) is 0. The van der Waals surface area contributed by atoms with Crippen molar-refractivity contribution in [1.82, 2.24) is 4.72 Å². The summed E-state index contributed by atoms with van der Waals surface area (Å²) in [5.41, 5.74) is 0.000976. The van der Waals surface area contributed by atoms with Crippen LogP contribution < -0.4 is 4.72 Å². The molecule has 0 saturated heterocycles. The Morgan fingerprint density at radius 2 is 1.81 bits per heavy atom. The summed E-state index contributed by atoms with van der Waals surface area (Å²) in [5, 5.41) is 8.72. The molecule has 21 heavy (non-hydrogen) atoms. The molecule has 0 amide bonds. The molecule has 0 bridgehead atoms. The van der Waals surface area contributed by atoms with E-state index in [-0.39, 0.29) is 23.5 Å². The average Bonchev–Trinajstić information content (AvgIpc) is 2.32. The van der Waals surface area contributed by atoms with Crippen molar-refractivity contribution in [3.63, 3.8) is 0 Å². The molecule has 0 spiro atoms. The van der Waals surface area contributed by atoms with Crippen LogP contribution in [-0.4, -0.2) is 31.8 Å². The van der Waals surface area contributed by atoms with E-state index in [9.17, 15) is 13.2 Å². The number of sulfonamides is 1. The normalized spacial score (nSPS) is 14.1. The highest BCUT2D eigenvalue weighted by molar-refractivity contribution is 7.89. The van der Waals surface area contributed by atoms with Crippen molar-refractivity contribution in [1.29, 1.82) is 0 Å². The van der Waals surface area contributed by atoms with Gasteiger partial charge in [0.05, 0.1) is 5.75 Å². The van der Waals surface area contributed by atoms with Crippen molar-refractivity contribution in [2.75, 3.05) is 12.3 Å². The Hall–Kier alpha value is -0.620. The fourth-order valence-corrected chi connectivity index (χ4v) is 3.55. The van der Waals surface area contributed by atoms with Gasteiger partial charge < -0.3 is 5.11 Å². The largest absolute Gasteiger partial charge is 0.481 e. The molecule has 0 rings (SSSR count). The zero-order valence-corrected chi connectivity index (χ0v) is 14.6. The SMILES string of the molecule is CCCC(CCNS(=O)(=O)CCC(C)(C)C)CCC(=O)O. The lowest BCUT2D eigenvalue weighted by molar-refractivity contribution is -0.137. The first-order valence-electron chi connectivity index (χ1n) is 7.75. The molecule has 6 heteroatoms. The van der Waals surface area contributed by atoms with Crippen molar-refractivity contribution in [3.05, 3.63) is 0 Å². The number of rotatable bonds is 11. The van der Waals surface area contributed by atoms with E-state index in [4.69, 9.17) is 5.11 Å². The van der Waals surface area contributed by atoms with Gasteiger partial charge in [-0.3, -0.25) is 4.79 Å². The van der Waals surface area contributed by atoms with Crippen molar-refractivity contribution in [2.45, 2.75) is 66.2 Å². The van der Waals surface area contributed by atoms with Crippen molar-refractivity contribution in [3.8, 4) is 0 Å². The number of carboxylic acid groups (broad SMARTS) is 1. The Morgan fingerprint density at radius 3 is 2.29 bits per heavy atom. The van der Waals surface area contributed by atoms with Crippen LogP contribution in [0.25, 0.3) is 0 Å². The third-order valence-corrected chi connectivity index (χ3v) is 4.84. The first-order valence-corrected chi connectivity index (χ1v) is 9.40. The minimum absolute atomic E-state index is 0.000976. The highest BCUT2D eigenvalue weighted by Gasteiger charge is 2.17. The zero-order valence-electron chi connectivity index (χ0n) is 13.8. The fraction of sp³-hybridized carbons (Fsp3) is 0.933. The van der Waals surface area contributed by atoms with E-state index < -0.39 is 16.0 Å². The lowest BCUT2D eigenvalue weighted by Crippen LogP contribution is -2.30. The highest BCUT2D eigenvalue weighted by Crippen LogP contribution is 2.19. The second kappa shape index (κ2) is 9.41. The Morgan fingerprint density at radius 1 is 1.19 bits per heavy atom. The molecule has 0 aliphatic carbocycles. The van der Waals surface area contributed by atoms with Gasteiger partial charge in [-0.1, -0.05) is 40.5 Å². The molecule has 0 aliphatic heterocycles. The van der Waals surface area contributed by atoms with Gasteiger partial charge in [0, 0.05) is 13.0 Å². The molecule has 0 heterocycles. The topological polar surface area (TPSA) is 83.5 Å². The monoisotopic (exact) mass is 321 g/mol. The average molecular weight is 321 g/mol. The van der Waals surface area contributed by atoms with Crippen LogP contribution in [0.5, 0.6) is 0 Å². The first-order chi connectivity index (χ1) is 9.56. The molecular formula is C15H31NO4S. The molecule has 126 valence electrons. The summed E-state index contributed by atoms with van der Waals surface area (Å²) in [6.45, 7) is 8.52. The van der Waals surface area contributed by atoms with E-state index in [1.807, 2.05) is 20.8 Å². The predicted molar refractivity (Wildman–Crippen MR) is 85.7 cm³/mol. The van der Waals surface area contributed by atoms with Crippen molar-refractivity contribution in [2.24, 2.45) is 11.3 Å². The second-order valence-electron chi connectivity index (χ2n) is 6.90. The molecule has 0 aromatic carbocycles. The Bertz CT molecular complexity index is 398. The Kier molecular flexibility index (Phi) is 9.13. The number of aliphatic carboxylic acids is 1. The van der Waals surface area contributed by atoms with Gasteiger partial charge >= 0.3 is 5.97 Å². The van der Waals surface area contributed by atoms with Crippen molar-refractivity contribution < 1.29 is 18.3 Å². The summed E-state index contributed by atoms with van der Waals surface area (Å²) in [6.07, 6.45) is 4.03.